The molecule has 0 aliphatic carbocycles. The number of benzene rings is 3. The topological polar surface area (TPSA) is 56.1 Å². The minimum absolute atomic E-state index is 0.0842. The summed E-state index contributed by atoms with van der Waals surface area (Å²) in [6.07, 6.45) is 1.31. The number of rotatable bonds is 7. The monoisotopic (exact) mass is 503 g/mol. The molecule has 180 valence electrons. The lowest BCUT2D eigenvalue weighted by molar-refractivity contribution is 0.102. The number of halogens is 5. The normalized spacial score (nSPS) is 10.9. The molecule has 0 aliphatic heterocycles. The van der Waals surface area contributed by atoms with E-state index in [0.717, 1.165) is 15.8 Å². The molecule has 0 bridgehead atoms. The van der Waals surface area contributed by atoms with E-state index >= 15 is 0 Å². The van der Waals surface area contributed by atoms with Crippen LogP contribution in [0.2, 0.25) is 5.02 Å². The molecule has 0 aliphatic rings. The maximum atomic E-state index is 13.9. The Kier molecular flexibility index (Phi) is 7.07. The molecule has 0 radical (unpaired) electrons. The van der Waals surface area contributed by atoms with Gasteiger partial charge in [-0.3, -0.25) is 9.48 Å². The number of amides is 1. The molecular weight excluding hydrogens is 486 g/mol. The third kappa shape index (κ3) is 5.63. The van der Waals surface area contributed by atoms with Gasteiger partial charge in [0.25, 0.3) is 5.91 Å². The zero-order valence-corrected chi connectivity index (χ0v) is 19.0. The van der Waals surface area contributed by atoms with Crippen molar-refractivity contribution in [1.29, 1.82) is 0 Å². The van der Waals surface area contributed by atoms with Crippen molar-refractivity contribution < 1.29 is 27.1 Å². The molecule has 5 nitrogen and oxygen atoms in total. The number of nitrogens with zero attached hydrogens (tertiary/aromatic N) is 2. The van der Waals surface area contributed by atoms with E-state index in [2.05, 4.69) is 10.4 Å². The van der Waals surface area contributed by atoms with Gasteiger partial charge in [0, 0.05) is 23.9 Å². The maximum Gasteiger partial charge on any atom is 0.256 e. The van der Waals surface area contributed by atoms with E-state index in [1.165, 1.54) is 12.3 Å². The van der Waals surface area contributed by atoms with Gasteiger partial charge in [0.2, 0.25) is 0 Å². The fourth-order valence-corrected chi connectivity index (χ4v) is 3.49. The molecule has 0 fully saturated rings. The van der Waals surface area contributed by atoms with E-state index in [-0.39, 0.29) is 18.5 Å². The first kappa shape index (κ1) is 24.3. The van der Waals surface area contributed by atoms with Crippen LogP contribution in [0.4, 0.5) is 23.4 Å². The van der Waals surface area contributed by atoms with Crippen LogP contribution in [0, 0.1) is 30.2 Å². The van der Waals surface area contributed by atoms with Gasteiger partial charge in [0.05, 0.1) is 17.1 Å². The summed E-state index contributed by atoms with van der Waals surface area (Å²) >= 11 is 6.14. The van der Waals surface area contributed by atoms with E-state index in [1.54, 1.807) is 30.3 Å². The third-order valence-corrected chi connectivity index (χ3v) is 5.39. The molecule has 1 amide bonds. The third-order valence-electron chi connectivity index (χ3n) is 5.08. The van der Waals surface area contributed by atoms with Gasteiger partial charge in [-0.15, -0.1) is 0 Å². The van der Waals surface area contributed by atoms with Crippen molar-refractivity contribution in [3.63, 3.8) is 0 Å². The quantitative estimate of drug-likeness (QED) is 0.238. The van der Waals surface area contributed by atoms with Gasteiger partial charge in [-0.2, -0.15) is 5.10 Å². The van der Waals surface area contributed by atoms with Crippen molar-refractivity contribution in [2.75, 3.05) is 5.32 Å². The van der Waals surface area contributed by atoms with Crippen LogP contribution in [0.5, 0.6) is 5.75 Å². The van der Waals surface area contributed by atoms with Crippen molar-refractivity contribution in [3.05, 3.63) is 111 Å². The van der Waals surface area contributed by atoms with Crippen LogP contribution in [-0.2, 0) is 13.2 Å². The van der Waals surface area contributed by atoms with Crippen LogP contribution < -0.4 is 10.1 Å². The summed E-state index contributed by atoms with van der Waals surface area (Å²) < 4.78 is 61.5. The Hall–Kier alpha value is -3.85. The van der Waals surface area contributed by atoms with Gasteiger partial charge in [0.1, 0.15) is 12.4 Å². The Labute approximate surface area is 202 Å². The lowest BCUT2D eigenvalue weighted by Gasteiger charge is -2.10. The lowest BCUT2D eigenvalue weighted by Crippen LogP contribution is -2.14. The summed E-state index contributed by atoms with van der Waals surface area (Å²) in [6, 6.07) is 13.6. The van der Waals surface area contributed by atoms with E-state index < -0.39 is 41.3 Å². The molecule has 0 saturated carbocycles. The van der Waals surface area contributed by atoms with Gasteiger partial charge in [-0.25, -0.2) is 17.6 Å². The van der Waals surface area contributed by atoms with E-state index in [0.29, 0.717) is 16.3 Å². The Bertz CT molecular complexity index is 1380. The number of aromatic nitrogens is 2. The minimum atomic E-state index is -1.51. The predicted molar refractivity (Wildman–Crippen MR) is 123 cm³/mol. The lowest BCUT2D eigenvalue weighted by atomic mass is 10.1. The minimum Gasteiger partial charge on any atom is -0.487 e. The van der Waals surface area contributed by atoms with Crippen LogP contribution >= 0.6 is 11.6 Å². The first-order chi connectivity index (χ1) is 16.7. The predicted octanol–water partition coefficient (Wildman–Crippen LogP) is 6.28. The molecule has 1 N–H and O–H groups in total. The molecule has 1 aromatic heterocycles. The highest BCUT2D eigenvalue weighted by atomic mass is 35.5. The molecule has 0 saturated heterocycles. The summed E-state index contributed by atoms with van der Waals surface area (Å²) in [7, 11) is 0. The van der Waals surface area contributed by atoms with Gasteiger partial charge >= 0.3 is 0 Å². The highest BCUT2D eigenvalue weighted by Crippen LogP contribution is 2.26. The average molecular weight is 504 g/mol. The molecule has 1 heterocycles. The second-order valence-electron chi connectivity index (χ2n) is 7.72. The van der Waals surface area contributed by atoms with Crippen LogP contribution in [0.1, 0.15) is 27.0 Å². The van der Waals surface area contributed by atoms with Crippen molar-refractivity contribution in [1.82, 2.24) is 9.78 Å². The number of hydrogen-bond acceptors (Lipinski definition) is 3. The number of ether oxygens (including phenoxy) is 1. The van der Waals surface area contributed by atoms with Crippen molar-refractivity contribution in [2.45, 2.75) is 20.1 Å². The molecule has 0 atom stereocenters. The SMILES string of the molecule is Cc1ccc(Cl)c(OCc2cccc(C(=O)Nc3ccn(Cc4c(F)c(F)cc(F)c4F)n3)c2)c1. The highest BCUT2D eigenvalue weighted by molar-refractivity contribution is 6.32. The fourth-order valence-electron chi connectivity index (χ4n) is 3.31. The summed E-state index contributed by atoms with van der Waals surface area (Å²) in [5, 5.41) is 7.03. The Morgan fingerprint density at radius 2 is 1.77 bits per heavy atom. The number of hydrogen-bond donors (Lipinski definition) is 1. The molecule has 4 rings (SSSR count). The van der Waals surface area contributed by atoms with Crippen LogP contribution in [0.15, 0.2) is 60.8 Å². The number of nitrogens with one attached hydrogen (secondary N) is 1. The molecule has 0 spiro atoms. The second-order valence-corrected chi connectivity index (χ2v) is 8.13. The summed E-state index contributed by atoms with van der Waals surface area (Å²) in [5.41, 5.74) is 1.22. The van der Waals surface area contributed by atoms with Crippen molar-refractivity contribution in [3.8, 4) is 5.75 Å². The number of carbonyl (C=O) groups is 1. The number of carbonyl (C=O) groups excluding carboxylic acids is 1. The average Bonchev–Trinajstić information content (AvgIpc) is 3.28. The van der Waals surface area contributed by atoms with Crippen molar-refractivity contribution >= 4 is 23.3 Å². The van der Waals surface area contributed by atoms with Crippen LogP contribution in [0.25, 0.3) is 0 Å². The summed E-state index contributed by atoms with van der Waals surface area (Å²) in [4.78, 5) is 12.7. The largest absolute Gasteiger partial charge is 0.487 e. The van der Waals surface area contributed by atoms with Crippen LogP contribution in [0.3, 0.4) is 0 Å². The highest BCUT2D eigenvalue weighted by Gasteiger charge is 2.20. The first-order valence-corrected chi connectivity index (χ1v) is 10.7. The summed E-state index contributed by atoms with van der Waals surface area (Å²) in [6.45, 7) is 1.52. The first-order valence-electron chi connectivity index (χ1n) is 10.4. The number of aryl methyl sites for hydroxylation is 1. The molecular formula is C25H18ClF4N3O2. The molecule has 3 aromatic carbocycles. The van der Waals surface area contributed by atoms with Crippen molar-refractivity contribution in [2.24, 2.45) is 0 Å². The number of anilines is 1. The zero-order valence-electron chi connectivity index (χ0n) is 18.3. The fraction of sp³-hybridized carbons (Fsp3) is 0.120. The van der Waals surface area contributed by atoms with Gasteiger partial charge in [-0.05, 0) is 42.3 Å². The Morgan fingerprint density at radius 1 is 1.03 bits per heavy atom. The van der Waals surface area contributed by atoms with Gasteiger partial charge in [0.15, 0.2) is 29.1 Å². The smallest absolute Gasteiger partial charge is 0.256 e. The van der Waals surface area contributed by atoms with E-state index in [1.807, 2.05) is 19.1 Å². The molecule has 10 heteroatoms. The Morgan fingerprint density at radius 3 is 2.51 bits per heavy atom. The van der Waals surface area contributed by atoms with Gasteiger partial charge in [-0.1, -0.05) is 29.8 Å². The second kappa shape index (κ2) is 10.2. The molecule has 4 aromatic rings. The zero-order chi connectivity index (χ0) is 25.1. The van der Waals surface area contributed by atoms with Crippen LogP contribution in [-0.4, -0.2) is 15.7 Å². The van der Waals surface area contributed by atoms with E-state index in [4.69, 9.17) is 16.3 Å². The maximum absolute atomic E-state index is 13.9. The van der Waals surface area contributed by atoms with Gasteiger partial charge < -0.3 is 10.1 Å². The summed E-state index contributed by atoms with van der Waals surface area (Å²) in [5.74, 6) is -5.90. The van der Waals surface area contributed by atoms with E-state index in [9.17, 15) is 22.4 Å². The Balaban J connectivity index is 1.43. The standard InChI is InChI=1S/C25H18ClF4N3O2/c1-14-5-6-18(26)21(9-14)35-13-15-3-2-4-16(10-15)25(34)31-22-7-8-33(32-22)12-17-23(29)19(27)11-20(28)24(17)30/h2-11H,12-13H2,1H3,(H,31,32,34). The molecule has 0 unspecified atom stereocenters. The molecule has 35 heavy (non-hydrogen) atoms.